The molecular weight excluding hydrogens is 556 g/mol. The minimum absolute atomic E-state index is 0.110. The Morgan fingerprint density at radius 3 is 2.21 bits per heavy atom. The third-order valence-electron chi connectivity index (χ3n) is 6.82. The van der Waals surface area contributed by atoms with Gasteiger partial charge in [-0.2, -0.15) is 4.31 Å². The summed E-state index contributed by atoms with van der Waals surface area (Å²) in [5.41, 5.74) is 2.98. The average Bonchev–Trinajstić information content (AvgIpc) is 3.44. The number of halogens is 1. The molecule has 2 heterocycles. The maximum Gasteiger partial charge on any atom is 0.259 e. The Morgan fingerprint density at radius 1 is 0.949 bits per heavy atom. The summed E-state index contributed by atoms with van der Waals surface area (Å²) >= 11 is 7.19. The number of amides is 2. The fourth-order valence-electron chi connectivity index (χ4n) is 4.55. The molecule has 0 saturated carbocycles. The lowest BCUT2D eigenvalue weighted by Gasteiger charge is -2.33. The number of hydrogen-bond donors (Lipinski definition) is 0. The van der Waals surface area contributed by atoms with Crippen LogP contribution >= 0.6 is 22.9 Å². The predicted molar refractivity (Wildman–Crippen MR) is 158 cm³/mol. The maximum absolute atomic E-state index is 13.4. The first-order valence-corrected chi connectivity index (χ1v) is 15.5. The molecule has 0 aliphatic carbocycles. The van der Waals surface area contributed by atoms with Crippen LogP contribution in [0.25, 0.3) is 0 Å². The van der Waals surface area contributed by atoms with Crippen molar-refractivity contribution in [2.45, 2.75) is 24.5 Å². The number of carbonyl (C=O) groups excluding carboxylic acids is 2. The lowest BCUT2D eigenvalue weighted by Crippen LogP contribution is -2.50. The summed E-state index contributed by atoms with van der Waals surface area (Å²) in [5, 5.41) is 1.13. The SMILES string of the molecule is CCc1cc(Cl)ccc1C(=O)N(CC)c1ccc(S(=O)(=O)N2CCN(C(=O)c3ccc(N(C)C)cc3)CC2)s1. The van der Waals surface area contributed by atoms with Crippen LogP contribution in [0.15, 0.2) is 58.8 Å². The Morgan fingerprint density at radius 2 is 1.62 bits per heavy atom. The van der Waals surface area contributed by atoms with E-state index in [1.54, 1.807) is 52.3 Å². The predicted octanol–water partition coefficient (Wildman–Crippen LogP) is 4.84. The van der Waals surface area contributed by atoms with Crippen LogP contribution in [0.3, 0.4) is 0 Å². The second-order valence-corrected chi connectivity index (χ2v) is 13.1. The fourth-order valence-corrected chi connectivity index (χ4v) is 7.67. The van der Waals surface area contributed by atoms with Crippen molar-refractivity contribution in [3.8, 4) is 0 Å². The first-order chi connectivity index (χ1) is 18.6. The van der Waals surface area contributed by atoms with Gasteiger partial charge in [0.2, 0.25) is 0 Å². The van der Waals surface area contributed by atoms with Gasteiger partial charge in [-0.15, -0.1) is 11.3 Å². The zero-order chi connectivity index (χ0) is 28.3. The van der Waals surface area contributed by atoms with Crippen LogP contribution in [0.4, 0.5) is 10.7 Å². The largest absolute Gasteiger partial charge is 0.378 e. The van der Waals surface area contributed by atoms with Crippen molar-refractivity contribution in [3.63, 3.8) is 0 Å². The Balaban J connectivity index is 1.45. The van der Waals surface area contributed by atoms with Gasteiger partial charge in [0.15, 0.2) is 0 Å². The summed E-state index contributed by atoms with van der Waals surface area (Å²) in [6.07, 6.45) is 0.652. The topological polar surface area (TPSA) is 81.2 Å². The zero-order valence-electron chi connectivity index (χ0n) is 22.6. The Labute approximate surface area is 239 Å². The lowest BCUT2D eigenvalue weighted by molar-refractivity contribution is 0.0698. The van der Waals surface area contributed by atoms with E-state index >= 15 is 0 Å². The van der Waals surface area contributed by atoms with Gasteiger partial charge in [0.05, 0.1) is 5.00 Å². The van der Waals surface area contributed by atoms with E-state index in [4.69, 9.17) is 11.6 Å². The molecule has 11 heteroatoms. The number of thiophene rings is 1. The molecule has 0 atom stereocenters. The monoisotopic (exact) mass is 588 g/mol. The molecule has 0 radical (unpaired) electrons. The van der Waals surface area contributed by atoms with Crippen LogP contribution in [0, 0.1) is 0 Å². The third kappa shape index (κ3) is 6.14. The molecule has 1 aromatic heterocycles. The molecule has 4 rings (SSSR count). The number of anilines is 2. The van der Waals surface area contributed by atoms with Crippen LogP contribution < -0.4 is 9.80 Å². The van der Waals surface area contributed by atoms with E-state index in [0.717, 1.165) is 22.6 Å². The highest BCUT2D eigenvalue weighted by atomic mass is 35.5. The van der Waals surface area contributed by atoms with Crippen LogP contribution in [0.1, 0.15) is 40.1 Å². The first kappa shape index (κ1) is 29.1. The standard InChI is InChI=1S/C28H33ClN4O4S2/c1-5-20-19-22(29)9-12-24(20)28(35)33(6-2)25-13-14-26(38-25)39(36,37)32-17-15-31(16-18-32)27(34)21-7-10-23(11-8-21)30(3)4/h7-14,19H,5-6,15-18H2,1-4H3. The van der Waals surface area contributed by atoms with Gasteiger partial charge in [0.25, 0.3) is 21.8 Å². The normalized spacial score (nSPS) is 14.3. The number of hydrogen-bond acceptors (Lipinski definition) is 6. The number of nitrogens with zero attached hydrogens (tertiary/aromatic N) is 4. The van der Waals surface area contributed by atoms with Gasteiger partial charge in [-0.25, -0.2) is 8.42 Å². The van der Waals surface area contributed by atoms with Gasteiger partial charge in [0, 0.05) is 68.7 Å². The van der Waals surface area contributed by atoms with Gasteiger partial charge < -0.3 is 9.80 Å². The van der Waals surface area contributed by atoms with E-state index in [-0.39, 0.29) is 29.1 Å². The fraction of sp³-hybridized carbons (Fsp3) is 0.357. The van der Waals surface area contributed by atoms with E-state index in [1.165, 1.54) is 4.31 Å². The molecule has 1 aliphatic heterocycles. The van der Waals surface area contributed by atoms with Crippen molar-refractivity contribution in [2.24, 2.45) is 0 Å². The van der Waals surface area contributed by atoms with Crippen LogP contribution in [0.2, 0.25) is 5.02 Å². The summed E-state index contributed by atoms with van der Waals surface area (Å²) in [6, 6.07) is 15.8. The van der Waals surface area contributed by atoms with Crippen molar-refractivity contribution < 1.29 is 18.0 Å². The van der Waals surface area contributed by atoms with E-state index in [0.29, 0.717) is 47.2 Å². The van der Waals surface area contributed by atoms with E-state index in [2.05, 4.69) is 0 Å². The lowest BCUT2D eigenvalue weighted by atomic mass is 10.0. The second-order valence-electron chi connectivity index (χ2n) is 9.43. The molecule has 0 bridgehead atoms. The molecule has 1 saturated heterocycles. The van der Waals surface area contributed by atoms with Crippen molar-refractivity contribution in [3.05, 3.63) is 76.3 Å². The molecule has 1 fully saturated rings. The molecule has 2 amide bonds. The first-order valence-electron chi connectivity index (χ1n) is 12.8. The number of sulfonamides is 1. The molecule has 0 N–H and O–H groups in total. The Kier molecular flexibility index (Phi) is 9.00. The number of carbonyl (C=O) groups is 2. The van der Waals surface area contributed by atoms with Crippen molar-refractivity contribution in [1.29, 1.82) is 0 Å². The molecule has 2 aromatic carbocycles. The van der Waals surface area contributed by atoms with E-state index in [9.17, 15) is 18.0 Å². The zero-order valence-corrected chi connectivity index (χ0v) is 24.9. The molecule has 3 aromatic rings. The van der Waals surface area contributed by atoms with Gasteiger partial charge in [0.1, 0.15) is 4.21 Å². The number of aryl methyl sites for hydroxylation is 1. The number of rotatable bonds is 8. The maximum atomic E-state index is 13.4. The third-order valence-corrected chi connectivity index (χ3v) is 10.5. The Bertz CT molecular complexity index is 1450. The van der Waals surface area contributed by atoms with Crippen molar-refractivity contribution in [2.75, 3.05) is 56.6 Å². The number of benzene rings is 2. The highest BCUT2D eigenvalue weighted by Crippen LogP contribution is 2.33. The van der Waals surface area contributed by atoms with E-state index in [1.807, 2.05) is 45.0 Å². The van der Waals surface area contributed by atoms with Crippen LogP contribution in [0.5, 0.6) is 0 Å². The average molecular weight is 589 g/mol. The highest BCUT2D eigenvalue weighted by Gasteiger charge is 2.32. The summed E-state index contributed by atoms with van der Waals surface area (Å²) in [7, 11) is 0.106. The molecule has 0 unspecified atom stereocenters. The van der Waals surface area contributed by atoms with Crippen molar-refractivity contribution in [1.82, 2.24) is 9.21 Å². The Hall–Kier alpha value is -2.92. The summed E-state index contributed by atoms with van der Waals surface area (Å²) in [4.78, 5) is 31.6. The summed E-state index contributed by atoms with van der Waals surface area (Å²) in [5.74, 6) is -0.302. The molecule has 1 aliphatic rings. The molecule has 208 valence electrons. The van der Waals surface area contributed by atoms with Crippen molar-refractivity contribution >= 4 is 55.5 Å². The number of piperazine rings is 1. The summed E-state index contributed by atoms with van der Waals surface area (Å²) < 4.78 is 28.5. The van der Waals surface area contributed by atoms with E-state index < -0.39 is 10.0 Å². The van der Waals surface area contributed by atoms with Crippen LogP contribution in [-0.2, 0) is 16.4 Å². The minimum Gasteiger partial charge on any atom is -0.378 e. The van der Waals surface area contributed by atoms with Gasteiger partial charge in [-0.05, 0) is 73.5 Å². The second kappa shape index (κ2) is 12.1. The quantitative estimate of drug-likeness (QED) is 0.376. The molecule has 39 heavy (non-hydrogen) atoms. The van der Waals surface area contributed by atoms with Gasteiger partial charge in [-0.1, -0.05) is 18.5 Å². The summed E-state index contributed by atoms with van der Waals surface area (Å²) in [6.45, 7) is 5.24. The molecule has 0 spiro atoms. The highest BCUT2D eigenvalue weighted by molar-refractivity contribution is 7.91. The van der Waals surface area contributed by atoms with Crippen LogP contribution in [-0.4, -0.2) is 76.3 Å². The van der Waals surface area contributed by atoms with Gasteiger partial charge >= 0.3 is 0 Å². The van der Waals surface area contributed by atoms with Gasteiger partial charge in [-0.3, -0.25) is 14.5 Å². The minimum atomic E-state index is -3.77. The molecule has 8 nitrogen and oxygen atoms in total. The smallest absolute Gasteiger partial charge is 0.259 e. The molecular formula is C28H33ClN4O4S2.